The van der Waals surface area contributed by atoms with Crippen LogP contribution in [0.25, 0.3) is 22.5 Å². The van der Waals surface area contributed by atoms with Crippen LogP contribution >= 0.6 is 0 Å². The minimum Gasteiger partial charge on any atom is -0.488 e. The molecule has 6 rings (SSSR count). The molecule has 2 amide bonds. The number of carbonyl (C=O) groups is 2. The summed E-state index contributed by atoms with van der Waals surface area (Å²) in [5.74, 6) is 1.60. The van der Waals surface area contributed by atoms with Gasteiger partial charge in [0.25, 0.3) is 5.91 Å². The van der Waals surface area contributed by atoms with Crippen LogP contribution in [-0.2, 0) is 31.0 Å². The highest BCUT2D eigenvalue weighted by Gasteiger charge is 2.29. The molecule has 0 saturated heterocycles. The summed E-state index contributed by atoms with van der Waals surface area (Å²) >= 11 is 0. The molecule has 0 fully saturated rings. The van der Waals surface area contributed by atoms with E-state index in [2.05, 4.69) is 30.4 Å². The van der Waals surface area contributed by atoms with Gasteiger partial charge in [0, 0.05) is 25.7 Å². The number of likely N-dealkylation sites (N-methyl/N-ethyl adjacent to an activating group) is 1. The van der Waals surface area contributed by atoms with E-state index in [1.165, 1.54) is 0 Å². The number of carbonyl (C=O) groups excluding carboxylic acids is 2. The van der Waals surface area contributed by atoms with Gasteiger partial charge < -0.3 is 29.1 Å². The van der Waals surface area contributed by atoms with Crippen molar-refractivity contribution < 1.29 is 23.6 Å². The SMILES string of the molecule is CCNC(=O)c1noc(-c2cc(C(C)C)c(OCc3ccccc3)cc2OCc2ccccc2)c1-c1ccc2c(c1)CCN(C(=O)CN(C)C)C2. The third kappa shape index (κ3) is 8.32. The molecule has 1 aromatic heterocycles. The van der Waals surface area contributed by atoms with Crippen molar-refractivity contribution in [3.8, 4) is 33.9 Å². The highest BCUT2D eigenvalue weighted by Crippen LogP contribution is 2.45. The summed E-state index contributed by atoms with van der Waals surface area (Å²) in [4.78, 5) is 30.1. The van der Waals surface area contributed by atoms with E-state index in [-0.39, 0.29) is 23.4 Å². The van der Waals surface area contributed by atoms with Crippen LogP contribution in [0.4, 0.5) is 0 Å². The Kier molecular flexibility index (Phi) is 11.2. The fraction of sp³-hybridized carbons (Fsp3) is 0.310. The molecule has 0 radical (unpaired) electrons. The van der Waals surface area contributed by atoms with E-state index >= 15 is 0 Å². The van der Waals surface area contributed by atoms with Crippen LogP contribution in [0, 0.1) is 0 Å². The van der Waals surface area contributed by atoms with Gasteiger partial charge in [0.05, 0.1) is 17.7 Å². The third-order valence-electron chi connectivity index (χ3n) is 9.01. The number of rotatable bonds is 13. The second kappa shape index (κ2) is 16.1. The van der Waals surface area contributed by atoms with Gasteiger partial charge in [-0.3, -0.25) is 9.59 Å². The number of fused-ring (bicyclic) bond motifs is 1. The molecule has 0 atom stereocenters. The van der Waals surface area contributed by atoms with Crippen molar-refractivity contribution in [1.82, 2.24) is 20.3 Å². The second-order valence-electron chi connectivity index (χ2n) is 13.5. The highest BCUT2D eigenvalue weighted by atomic mass is 16.5. The number of aromatic nitrogens is 1. The van der Waals surface area contributed by atoms with Crippen LogP contribution in [0.2, 0.25) is 0 Å². The average molecular weight is 687 g/mol. The predicted molar refractivity (Wildman–Crippen MR) is 199 cm³/mol. The summed E-state index contributed by atoms with van der Waals surface area (Å²) in [6.45, 7) is 8.83. The fourth-order valence-corrected chi connectivity index (χ4v) is 6.35. The zero-order valence-electron chi connectivity index (χ0n) is 30.1. The largest absolute Gasteiger partial charge is 0.488 e. The lowest BCUT2D eigenvalue weighted by Crippen LogP contribution is -2.40. The Bertz CT molecular complexity index is 1970. The quantitative estimate of drug-likeness (QED) is 0.137. The summed E-state index contributed by atoms with van der Waals surface area (Å²) in [6, 6.07) is 30.2. The molecule has 2 heterocycles. The molecule has 0 bridgehead atoms. The summed E-state index contributed by atoms with van der Waals surface area (Å²) in [6.07, 6.45) is 0.704. The van der Waals surface area contributed by atoms with Crippen LogP contribution in [0.3, 0.4) is 0 Å². The molecule has 4 aromatic carbocycles. The Morgan fingerprint density at radius 2 is 1.55 bits per heavy atom. The first-order valence-corrected chi connectivity index (χ1v) is 17.6. The van der Waals surface area contributed by atoms with E-state index in [9.17, 15) is 9.59 Å². The van der Waals surface area contributed by atoms with E-state index in [1.54, 1.807) is 0 Å². The Balaban J connectivity index is 1.45. The molecule has 264 valence electrons. The number of benzene rings is 4. The van der Waals surface area contributed by atoms with Crippen LogP contribution in [0.1, 0.15) is 65.0 Å². The molecule has 5 aromatic rings. The zero-order chi connectivity index (χ0) is 35.9. The van der Waals surface area contributed by atoms with Gasteiger partial charge in [-0.15, -0.1) is 0 Å². The van der Waals surface area contributed by atoms with Crippen molar-refractivity contribution >= 4 is 11.8 Å². The molecular formula is C42H46N4O5. The molecular weight excluding hydrogens is 640 g/mol. The van der Waals surface area contributed by atoms with Crippen molar-refractivity contribution in [1.29, 1.82) is 0 Å². The van der Waals surface area contributed by atoms with Gasteiger partial charge >= 0.3 is 0 Å². The second-order valence-corrected chi connectivity index (χ2v) is 13.5. The van der Waals surface area contributed by atoms with Gasteiger partial charge in [-0.25, -0.2) is 0 Å². The van der Waals surface area contributed by atoms with Gasteiger partial charge in [0.2, 0.25) is 5.91 Å². The van der Waals surface area contributed by atoms with Crippen molar-refractivity contribution in [2.24, 2.45) is 0 Å². The lowest BCUT2D eigenvalue weighted by molar-refractivity contribution is -0.132. The highest BCUT2D eigenvalue weighted by molar-refractivity contribution is 6.02. The first-order chi connectivity index (χ1) is 24.7. The maximum Gasteiger partial charge on any atom is 0.274 e. The minimum atomic E-state index is -0.320. The first-order valence-electron chi connectivity index (χ1n) is 17.6. The van der Waals surface area contributed by atoms with Crippen molar-refractivity contribution in [3.05, 3.63) is 125 Å². The monoisotopic (exact) mass is 686 g/mol. The van der Waals surface area contributed by atoms with E-state index in [1.807, 2.05) is 116 Å². The predicted octanol–water partition coefficient (Wildman–Crippen LogP) is 7.49. The standard InChI is InChI=1S/C42H46N4O5/c1-6-43-42(48)40-39(32-17-18-33-24-46(20-19-31(33)21-32)38(47)25-45(4)5)41(51-44-40)35-22-34(28(2)3)36(49-26-29-13-9-7-10-14-29)23-37(35)50-27-30-15-11-8-12-16-30/h7-18,21-23,28H,6,19-20,24-27H2,1-5H3,(H,43,48). The minimum absolute atomic E-state index is 0.105. The molecule has 9 heteroatoms. The molecule has 0 aliphatic carbocycles. The Morgan fingerprint density at radius 1 is 0.882 bits per heavy atom. The number of nitrogens with one attached hydrogen (secondary N) is 1. The maximum atomic E-state index is 13.5. The first kappa shape index (κ1) is 35.4. The Labute approximate surface area is 300 Å². The van der Waals surface area contributed by atoms with Crippen LogP contribution in [0.15, 0.2) is 95.5 Å². The van der Waals surface area contributed by atoms with Crippen molar-refractivity contribution in [3.63, 3.8) is 0 Å². The van der Waals surface area contributed by atoms with Crippen LogP contribution in [-0.4, -0.2) is 60.5 Å². The molecule has 0 unspecified atom stereocenters. The number of hydrogen-bond donors (Lipinski definition) is 1. The molecule has 1 N–H and O–H groups in total. The Morgan fingerprint density at radius 3 is 2.18 bits per heavy atom. The van der Waals surface area contributed by atoms with Gasteiger partial charge in [0.15, 0.2) is 11.5 Å². The maximum absolute atomic E-state index is 13.5. The summed E-state index contributed by atoms with van der Waals surface area (Å²) < 4.78 is 19.1. The molecule has 1 aliphatic heterocycles. The third-order valence-corrected chi connectivity index (χ3v) is 9.01. The van der Waals surface area contributed by atoms with Crippen molar-refractivity contribution in [2.75, 3.05) is 33.7 Å². The molecule has 51 heavy (non-hydrogen) atoms. The van der Waals surface area contributed by atoms with Gasteiger partial charge in [0.1, 0.15) is 24.7 Å². The lowest BCUT2D eigenvalue weighted by atomic mass is 9.91. The molecule has 0 saturated carbocycles. The molecule has 1 aliphatic rings. The summed E-state index contributed by atoms with van der Waals surface area (Å²) in [5, 5.41) is 7.27. The number of ether oxygens (including phenoxy) is 2. The van der Waals surface area contributed by atoms with Crippen LogP contribution in [0.5, 0.6) is 11.5 Å². The number of amides is 2. The zero-order valence-corrected chi connectivity index (χ0v) is 30.1. The number of nitrogens with zero attached hydrogens (tertiary/aromatic N) is 3. The lowest BCUT2D eigenvalue weighted by Gasteiger charge is -2.30. The van der Waals surface area contributed by atoms with Crippen molar-refractivity contribution in [2.45, 2.75) is 52.9 Å². The van der Waals surface area contributed by atoms with Crippen LogP contribution < -0.4 is 14.8 Å². The van der Waals surface area contributed by atoms with Gasteiger partial charge in [-0.05, 0) is 72.8 Å². The smallest absolute Gasteiger partial charge is 0.274 e. The normalized spacial score (nSPS) is 12.6. The summed E-state index contributed by atoms with van der Waals surface area (Å²) in [5.41, 5.74) is 7.54. The number of hydrogen-bond acceptors (Lipinski definition) is 7. The molecule has 9 nitrogen and oxygen atoms in total. The van der Waals surface area contributed by atoms with Gasteiger partial charge in [-0.2, -0.15) is 0 Å². The molecule has 0 spiro atoms. The average Bonchev–Trinajstić information content (AvgIpc) is 3.58. The fourth-order valence-electron chi connectivity index (χ4n) is 6.35. The van der Waals surface area contributed by atoms with E-state index in [0.717, 1.165) is 33.4 Å². The topological polar surface area (TPSA) is 97.1 Å². The van der Waals surface area contributed by atoms with E-state index in [4.69, 9.17) is 14.0 Å². The van der Waals surface area contributed by atoms with E-state index in [0.29, 0.717) is 74.2 Å². The van der Waals surface area contributed by atoms with E-state index < -0.39 is 0 Å². The summed E-state index contributed by atoms with van der Waals surface area (Å²) in [7, 11) is 3.80. The Hall–Kier alpha value is -5.41. The van der Waals surface area contributed by atoms with Gasteiger partial charge in [-0.1, -0.05) is 97.9 Å².